The Morgan fingerprint density at radius 2 is 1.00 bits per heavy atom. The van der Waals surface area contributed by atoms with Crippen molar-refractivity contribution in [2.45, 2.75) is 6.92 Å². The van der Waals surface area contributed by atoms with Gasteiger partial charge in [0.15, 0.2) is 0 Å². The van der Waals surface area contributed by atoms with E-state index in [1.165, 1.54) is 44.5 Å². The van der Waals surface area contributed by atoms with Crippen molar-refractivity contribution in [3.63, 3.8) is 0 Å². The van der Waals surface area contributed by atoms with E-state index < -0.39 is 0 Å². The predicted molar refractivity (Wildman–Crippen MR) is 163 cm³/mol. The van der Waals surface area contributed by atoms with Crippen LogP contribution in [0.25, 0.3) is 21.9 Å². The first-order valence-corrected chi connectivity index (χ1v) is 13.0. The van der Waals surface area contributed by atoms with Crippen molar-refractivity contribution in [2.24, 2.45) is 0 Å². The number of hydrogen-bond acceptors (Lipinski definition) is 2. The molecular formula is C36H30N2. The minimum absolute atomic E-state index is 1.13. The third-order valence-corrected chi connectivity index (χ3v) is 7.12. The average molecular weight is 491 g/mol. The van der Waals surface area contributed by atoms with Crippen LogP contribution in [0.1, 0.15) is 5.56 Å². The average Bonchev–Trinajstić information content (AvgIpc) is 2.98. The Kier molecular flexibility index (Phi) is 6.37. The summed E-state index contributed by atoms with van der Waals surface area (Å²) in [5.41, 5.74) is 9.47. The van der Waals surface area contributed by atoms with Gasteiger partial charge in [-0.25, -0.2) is 0 Å². The Morgan fingerprint density at radius 1 is 0.447 bits per heavy atom. The van der Waals surface area contributed by atoms with Crippen molar-refractivity contribution in [1.82, 2.24) is 0 Å². The molecule has 6 rings (SSSR count). The van der Waals surface area contributed by atoms with E-state index in [1.54, 1.807) is 0 Å². The van der Waals surface area contributed by atoms with Crippen LogP contribution in [0.5, 0.6) is 0 Å². The fourth-order valence-electron chi connectivity index (χ4n) is 5.07. The van der Waals surface area contributed by atoms with Crippen LogP contribution in [-0.4, -0.2) is 7.05 Å². The molecule has 0 aliphatic carbocycles. The maximum Gasteiger partial charge on any atom is 0.0540 e. The molecule has 0 radical (unpaired) electrons. The van der Waals surface area contributed by atoms with Crippen LogP contribution in [0.2, 0.25) is 0 Å². The smallest absolute Gasteiger partial charge is 0.0540 e. The summed E-state index contributed by atoms with van der Waals surface area (Å²) in [5.74, 6) is 0. The summed E-state index contributed by atoms with van der Waals surface area (Å²) in [5, 5.41) is 2.47. The molecule has 0 aliphatic heterocycles. The zero-order chi connectivity index (χ0) is 25.9. The summed E-state index contributed by atoms with van der Waals surface area (Å²) in [7, 11) is 2.12. The Bertz CT molecular complexity index is 1660. The number of anilines is 5. The number of benzene rings is 6. The fourth-order valence-corrected chi connectivity index (χ4v) is 5.07. The summed E-state index contributed by atoms with van der Waals surface area (Å²) in [6.07, 6.45) is 0. The molecule has 0 unspecified atom stereocenters. The van der Waals surface area contributed by atoms with Gasteiger partial charge in [0.05, 0.1) is 5.69 Å². The molecule has 38 heavy (non-hydrogen) atoms. The standard InChI is InChI=1S/C36H30N2/c1-27-10-8-15-34(26-27)37(2)31-22-18-28(19-23-31)29-20-24-33(25-21-29)38(32-13-4-3-5-14-32)36-17-9-12-30-11-6-7-16-35(30)36/h3-26H,1-2H3. The van der Waals surface area contributed by atoms with Crippen molar-refractivity contribution >= 4 is 39.2 Å². The van der Waals surface area contributed by atoms with Gasteiger partial charge in [-0.15, -0.1) is 0 Å². The molecule has 6 aromatic rings. The number of nitrogens with zero attached hydrogens (tertiary/aromatic N) is 2. The predicted octanol–water partition coefficient (Wildman–Crippen LogP) is 10.1. The zero-order valence-corrected chi connectivity index (χ0v) is 21.8. The molecule has 0 fully saturated rings. The molecule has 184 valence electrons. The minimum atomic E-state index is 1.13. The van der Waals surface area contributed by atoms with Crippen molar-refractivity contribution in [1.29, 1.82) is 0 Å². The molecule has 2 nitrogen and oxygen atoms in total. The van der Waals surface area contributed by atoms with Crippen LogP contribution >= 0.6 is 0 Å². The SMILES string of the molecule is Cc1cccc(N(C)c2ccc(-c3ccc(N(c4ccccc4)c4cccc5ccccc45)cc3)cc2)c1. The molecule has 0 amide bonds. The van der Waals surface area contributed by atoms with Crippen LogP contribution in [0.15, 0.2) is 146 Å². The van der Waals surface area contributed by atoms with Crippen molar-refractivity contribution in [3.8, 4) is 11.1 Å². The summed E-state index contributed by atoms with van der Waals surface area (Å²) in [6, 6.07) is 51.9. The molecule has 0 spiro atoms. The van der Waals surface area contributed by atoms with Gasteiger partial charge < -0.3 is 9.80 Å². The molecule has 0 N–H and O–H groups in total. The second-order valence-corrected chi connectivity index (χ2v) is 9.66. The summed E-state index contributed by atoms with van der Waals surface area (Å²) >= 11 is 0. The van der Waals surface area contributed by atoms with E-state index in [9.17, 15) is 0 Å². The van der Waals surface area contributed by atoms with Crippen LogP contribution in [0.3, 0.4) is 0 Å². The second-order valence-electron chi connectivity index (χ2n) is 9.66. The highest BCUT2D eigenvalue weighted by Gasteiger charge is 2.15. The molecule has 0 aromatic heterocycles. The van der Waals surface area contributed by atoms with Crippen molar-refractivity contribution < 1.29 is 0 Å². The Balaban J connectivity index is 1.33. The summed E-state index contributed by atoms with van der Waals surface area (Å²) in [4.78, 5) is 4.56. The van der Waals surface area contributed by atoms with E-state index in [-0.39, 0.29) is 0 Å². The van der Waals surface area contributed by atoms with Crippen LogP contribution < -0.4 is 9.80 Å². The van der Waals surface area contributed by atoms with Gasteiger partial charge in [0.1, 0.15) is 0 Å². The molecule has 0 atom stereocenters. The van der Waals surface area contributed by atoms with Gasteiger partial charge in [0, 0.05) is 35.2 Å². The largest absolute Gasteiger partial charge is 0.345 e. The number of fused-ring (bicyclic) bond motifs is 1. The van der Waals surface area contributed by atoms with E-state index in [0.717, 1.165) is 11.4 Å². The first-order chi connectivity index (χ1) is 18.7. The molecule has 0 heterocycles. The summed E-state index contributed by atoms with van der Waals surface area (Å²) in [6.45, 7) is 2.13. The number of rotatable bonds is 6. The first-order valence-electron chi connectivity index (χ1n) is 13.0. The van der Waals surface area contributed by atoms with Gasteiger partial charge in [-0.3, -0.25) is 0 Å². The molecule has 0 saturated heterocycles. The van der Waals surface area contributed by atoms with E-state index >= 15 is 0 Å². The Morgan fingerprint density at radius 3 is 1.71 bits per heavy atom. The minimum Gasteiger partial charge on any atom is -0.345 e. The van der Waals surface area contributed by atoms with E-state index in [1.807, 2.05) is 0 Å². The number of aryl methyl sites for hydroxylation is 1. The Hall–Kier alpha value is -4.82. The van der Waals surface area contributed by atoms with Gasteiger partial charge in [-0.05, 0) is 83.6 Å². The normalized spacial score (nSPS) is 10.9. The molecular weight excluding hydrogens is 460 g/mol. The van der Waals surface area contributed by atoms with Gasteiger partial charge in [-0.1, -0.05) is 91.0 Å². The quantitative estimate of drug-likeness (QED) is 0.229. The van der Waals surface area contributed by atoms with Crippen molar-refractivity contribution in [2.75, 3.05) is 16.8 Å². The molecule has 0 bridgehead atoms. The molecule has 6 aromatic carbocycles. The lowest BCUT2D eigenvalue weighted by molar-refractivity contribution is 1.20. The zero-order valence-electron chi connectivity index (χ0n) is 21.8. The van der Waals surface area contributed by atoms with Gasteiger partial charge in [-0.2, -0.15) is 0 Å². The first kappa shape index (κ1) is 23.6. The highest BCUT2D eigenvalue weighted by atomic mass is 15.1. The van der Waals surface area contributed by atoms with Gasteiger partial charge in [0.2, 0.25) is 0 Å². The van der Waals surface area contributed by atoms with Gasteiger partial charge in [0.25, 0.3) is 0 Å². The molecule has 0 saturated carbocycles. The highest BCUT2D eigenvalue weighted by Crippen LogP contribution is 2.39. The third kappa shape index (κ3) is 4.65. The van der Waals surface area contributed by atoms with Crippen LogP contribution in [0, 0.1) is 6.92 Å². The monoisotopic (exact) mass is 490 g/mol. The number of para-hydroxylation sites is 1. The Labute approximate surface area is 225 Å². The van der Waals surface area contributed by atoms with E-state index in [2.05, 4.69) is 169 Å². The maximum atomic E-state index is 2.34. The third-order valence-electron chi connectivity index (χ3n) is 7.12. The van der Waals surface area contributed by atoms with Gasteiger partial charge >= 0.3 is 0 Å². The lowest BCUT2D eigenvalue weighted by Gasteiger charge is -2.27. The molecule has 0 aliphatic rings. The van der Waals surface area contributed by atoms with E-state index in [0.29, 0.717) is 0 Å². The van der Waals surface area contributed by atoms with Crippen LogP contribution in [-0.2, 0) is 0 Å². The number of hydrogen-bond donors (Lipinski definition) is 0. The lowest BCUT2D eigenvalue weighted by atomic mass is 10.0. The highest BCUT2D eigenvalue weighted by molar-refractivity contribution is 5.98. The lowest BCUT2D eigenvalue weighted by Crippen LogP contribution is -2.10. The fraction of sp³-hybridized carbons (Fsp3) is 0.0556. The van der Waals surface area contributed by atoms with E-state index in [4.69, 9.17) is 0 Å². The summed E-state index contributed by atoms with van der Waals surface area (Å²) < 4.78 is 0. The molecule has 2 heteroatoms. The topological polar surface area (TPSA) is 6.48 Å². The second kappa shape index (κ2) is 10.3. The van der Waals surface area contributed by atoms with Crippen LogP contribution in [0.4, 0.5) is 28.4 Å². The maximum absolute atomic E-state index is 2.34. The van der Waals surface area contributed by atoms with Crippen molar-refractivity contribution in [3.05, 3.63) is 151 Å².